The van der Waals surface area contributed by atoms with Crippen LogP contribution in [-0.2, 0) is 14.3 Å². The number of esters is 1. The zero-order valence-electron chi connectivity index (χ0n) is 57.4. The Morgan fingerprint density at radius 3 is 0.918 bits per heavy atom. The van der Waals surface area contributed by atoms with E-state index < -0.39 is 12.1 Å². The van der Waals surface area contributed by atoms with E-state index >= 15 is 0 Å². The third-order valence-electron chi connectivity index (χ3n) is 17.8. The molecule has 2 atom stereocenters. The molecule has 0 aromatic carbocycles. The van der Waals surface area contributed by atoms with Gasteiger partial charge in [0.25, 0.3) is 0 Å². The lowest BCUT2D eigenvalue weighted by atomic mass is 10.0. The highest BCUT2D eigenvalue weighted by molar-refractivity contribution is 5.76. The van der Waals surface area contributed by atoms with Gasteiger partial charge in [-0.3, -0.25) is 9.59 Å². The van der Waals surface area contributed by atoms with Crippen LogP contribution in [0, 0.1) is 0 Å². The van der Waals surface area contributed by atoms with Crippen LogP contribution in [0.15, 0.2) is 48.6 Å². The van der Waals surface area contributed by atoms with Gasteiger partial charge >= 0.3 is 5.97 Å². The van der Waals surface area contributed by atoms with Crippen molar-refractivity contribution in [3.8, 4) is 0 Å². The molecule has 0 bridgehead atoms. The smallest absolute Gasteiger partial charge is 0.305 e. The number of aliphatic hydroxyl groups excluding tert-OH is 2. The molecule has 0 aromatic heterocycles. The van der Waals surface area contributed by atoms with Crippen LogP contribution >= 0.6 is 0 Å². The number of rotatable bonds is 72. The van der Waals surface area contributed by atoms with Gasteiger partial charge in [0.2, 0.25) is 5.91 Å². The summed E-state index contributed by atoms with van der Waals surface area (Å²) in [6.07, 6.45) is 97.9. The maximum Gasteiger partial charge on any atom is 0.305 e. The molecular weight excluding hydrogens is 1040 g/mol. The normalized spacial score (nSPS) is 12.8. The zero-order valence-corrected chi connectivity index (χ0v) is 57.4. The fourth-order valence-electron chi connectivity index (χ4n) is 12.0. The number of hydrogen-bond acceptors (Lipinski definition) is 5. The van der Waals surface area contributed by atoms with Crippen molar-refractivity contribution in [1.29, 1.82) is 0 Å². The third-order valence-corrected chi connectivity index (χ3v) is 17.8. The van der Waals surface area contributed by atoms with Gasteiger partial charge in [0.05, 0.1) is 25.4 Å². The standard InChI is InChI=1S/C79H149NO5/c1-3-5-7-9-11-13-15-17-19-21-36-39-43-47-51-55-59-63-67-71-77(82)76(75-81)80-78(83)72-68-64-60-56-52-48-44-40-37-34-32-30-28-26-24-23-25-27-29-31-33-35-38-42-46-50-54-58-62-66-70-74-85-79(84)73-69-65-61-57-53-49-45-41-22-20-18-16-14-12-10-8-6-4-2/h14,16,20,22,25,27,67,71,76-77,81-82H,3-13,15,17-19,21,23-24,26,28-66,68-70,72-75H2,1-2H3,(H,80,83)/b16-14-,22-20-,27-25-,71-67+. The molecule has 500 valence electrons. The van der Waals surface area contributed by atoms with Crippen LogP contribution in [0.1, 0.15) is 418 Å². The Bertz CT molecular complexity index is 1420. The Morgan fingerprint density at radius 2 is 0.588 bits per heavy atom. The van der Waals surface area contributed by atoms with Crippen LogP contribution in [0.3, 0.4) is 0 Å². The Kier molecular flexibility index (Phi) is 72.4. The Labute approximate surface area is 531 Å². The molecule has 0 rings (SSSR count). The second-order valence-corrected chi connectivity index (χ2v) is 26.3. The average molecular weight is 1190 g/mol. The van der Waals surface area contributed by atoms with Crippen molar-refractivity contribution < 1.29 is 24.5 Å². The van der Waals surface area contributed by atoms with E-state index in [0.717, 1.165) is 51.4 Å². The lowest BCUT2D eigenvalue weighted by molar-refractivity contribution is -0.143. The van der Waals surface area contributed by atoms with Crippen LogP contribution in [-0.4, -0.2) is 47.4 Å². The minimum absolute atomic E-state index is 0.0104. The largest absolute Gasteiger partial charge is 0.466 e. The number of carbonyl (C=O) groups is 2. The quantitative estimate of drug-likeness (QED) is 0.0320. The number of hydrogen-bond donors (Lipinski definition) is 3. The van der Waals surface area contributed by atoms with E-state index in [9.17, 15) is 19.8 Å². The molecule has 0 spiro atoms. The van der Waals surface area contributed by atoms with Gasteiger partial charge in [0, 0.05) is 12.8 Å². The topological polar surface area (TPSA) is 95.9 Å². The fraction of sp³-hybridized carbons (Fsp3) is 0.873. The predicted molar refractivity (Wildman–Crippen MR) is 375 cm³/mol. The summed E-state index contributed by atoms with van der Waals surface area (Å²) in [6, 6.07) is -0.628. The van der Waals surface area contributed by atoms with Crippen molar-refractivity contribution in [2.24, 2.45) is 0 Å². The zero-order chi connectivity index (χ0) is 61.3. The summed E-state index contributed by atoms with van der Waals surface area (Å²) in [7, 11) is 0. The van der Waals surface area contributed by atoms with Crippen LogP contribution < -0.4 is 5.32 Å². The van der Waals surface area contributed by atoms with Crippen molar-refractivity contribution >= 4 is 11.9 Å². The molecule has 2 unspecified atom stereocenters. The van der Waals surface area contributed by atoms with Gasteiger partial charge in [0.1, 0.15) is 0 Å². The number of allylic oxidation sites excluding steroid dienone is 7. The van der Waals surface area contributed by atoms with Gasteiger partial charge < -0.3 is 20.3 Å². The number of amides is 1. The summed E-state index contributed by atoms with van der Waals surface area (Å²) in [5.74, 6) is -0.0521. The summed E-state index contributed by atoms with van der Waals surface area (Å²) < 4.78 is 5.51. The molecule has 0 heterocycles. The van der Waals surface area contributed by atoms with Gasteiger partial charge in [-0.2, -0.15) is 0 Å². The van der Waals surface area contributed by atoms with Crippen LogP contribution in [0.5, 0.6) is 0 Å². The van der Waals surface area contributed by atoms with Crippen molar-refractivity contribution in [2.75, 3.05) is 13.2 Å². The van der Waals surface area contributed by atoms with E-state index in [4.69, 9.17) is 4.74 Å². The summed E-state index contributed by atoms with van der Waals surface area (Å²) in [5.41, 5.74) is 0. The first-order valence-corrected chi connectivity index (χ1v) is 38.4. The molecule has 0 aliphatic rings. The highest BCUT2D eigenvalue weighted by Gasteiger charge is 2.18. The molecule has 1 amide bonds. The summed E-state index contributed by atoms with van der Waals surface area (Å²) >= 11 is 0. The molecule has 6 nitrogen and oxygen atoms in total. The van der Waals surface area contributed by atoms with Gasteiger partial charge in [-0.05, 0) is 89.9 Å². The van der Waals surface area contributed by atoms with E-state index in [1.807, 2.05) is 6.08 Å². The van der Waals surface area contributed by atoms with E-state index in [1.54, 1.807) is 6.08 Å². The number of ether oxygens (including phenoxy) is 1. The van der Waals surface area contributed by atoms with Crippen molar-refractivity contribution in [3.63, 3.8) is 0 Å². The van der Waals surface area contributed by atoms with E-state index in [1.165, 1.54) is 340 Å². The van der Waals surface area contributed by atoms with Crippen LogP contribution in [0.2, 0.25) is 0 Å². The maximum atomic E-state index is 12.5. The Balaban J connectivity index is 3.38. The van der Waals surface area contributed by atoms with E-state index in [0.29, 0.717) is 19.4 Å². The molecule has 85 heavy (non-hydrogen) atoms. The lowest BCUT2D eigenvalue weighted by Crippen LogP contribution is -2.45. The van der Waals surface area contributed by atoms with E-state index in [2.05, 4.69) is 55.6 Å². The van der Waals surface area contributed by atoms with Crippen molar-refractivity contribution in [3.05, 3.63) is 48.6 Å². The Hall–Kier alpha value is -2.18. The number of carbonyl (C=O) groups excluding carboxylic acids is 2. The molecule has 0 aromatic rings. The molecule has 0 aliphatic heterocycles. The minimum atomic E-state index is -0.844. The number of aliphatic hydroxyl groups is 2. The SMILES string of the molecule is CCCCCC/C=C\C/C=C\CCCCCCCCCC(=O)OCCCCCCCCCCCCCC/C=C\CCCCCCCCCCCCCCCCCC(=O)NC(CO)C(O)/C=C/CCCCCCCCCCCCCCCCCCC. The average Bonchev–Trinajstić information content (AvgIpc) is 3.51. The highest BCUT2D eigenvalue weighted by atomic mass is 16.5. The first kappa shape index (κ1) is 82.8. The lowest BCUT2D eigenvalue weighted by Gasteiger charge is -2.20. The molecule has 0 saturated carbocycles. The fourth-order valence-corrected chi connectivity index (χ4v) is 12.0. The molecule has 0 aliphatic carbocycles. The molecule has 3 N–H and O–H groups in total. The van der Waals surface area contributed by atoms with Crippen LogP contribution in [0.25, 0.3) is 0 Å². The first-order valence-electron chi connectivity index (χ1n) is 38.4. The summed E-state index contributed by atoms with van der Waals surface area (Å²) in [6.45, 7) is 4.92. The Morgan fingerprint density at radius 1 is 0.329 bits per heavy atom. The second-order valence-electron chi connectivity index (χ2n) is 26.3. The molecule has 0 saturated heterocycles. The molecular formula is C79H149NO5. The molecule has 0 radical (unpaired) electrons. The molecule has 6 heteroatoms. The van der Waals surface area contributed by atoms with Gasteiger partial charge in [-0.15, -0.1) is 0 Å². The number of nitrogens with one attached hydrogen (secondary N) is 1. The summed E-state index contributed by atoms with van der Waals surface area (Å²) in [4.78, 5) is 24.6. The van der Waals surface area contributed by atoms with Crippen molar-refractivity contribution in [1.82, 2.24) is 5.32 Å². The minimum Gasteiger partial charge on any atom is -0.466 e. The van der Waals surface area contributed by atoms with E-state index in [-0.39, 0.29) is 18.5 Å². The van der Waals surface area contributed by atoms with Crippen LogP contribution in [0.4, 0.5) is 0 Å². The predicted octanol–water partition coefficient (Wildman–Crippen LogP) is 25.2. The first-order chi connectivity index (χ1) is 42.0. The van der Waals surface area contributed by atoms with Gasteiger partial charge in [-0.25, -0.2) is 0 Å². The monoisotopic (exact) mass is 1190 g/mol. The number of unbranched alkanes of at least 4 members (excludes halogenated alkanes) is 55. The molecule has 0 fully saturated rings. The van der Waals surface area contributed by atoms with Gasteiger partial charge in [-0.1, -0.05) is 364 Å². The second kappa shape index (κ2) is 74.3. The highest BCUT2D eigenvalue weighted by Crippen LogP contribution is 2.19. The summed E-state index contributed by atoms with van der Waals surface area (Å²) in [5, 5.41) is 23.3. The van der Waals surface area contributed by atoms with Gasteiger partial charge in [0.15, 0.2) is 0 Å². The maximum absolute atomic E-state index is 12.5. The third kappa shape index (κ3) is 70.8. The van der Waals surface area contributed by atoms with Crippen molar-refractivity contribution in [2.45, 2.75) is 431 Å².